The van der Waals surface area contributed by atoms with Crippen LogP contribution in [0.5, 0.6) is 0 Å². The minimum absolute atomic E-state index is 0.317. The molecule has 0 amide bonds. The number of aryl methyl sites for hydroxylation is 1. The Morgan fingerprint density at radius 3 is 2.72 bits per heavy atom. The molecule has 96 valence electrons. The van der Waals surface area contributed by atoms with E-state index in [1.54, 1.807) is 11.3 Å². The third-order valence-electron chi connectivity index (χ3n) is 3.04. The SMILES string of the molecule is CNC(Cc1sccc1Br)c1ccc(Cl)cc1C. The monoisotopic (exact) mass is 343 g/mol. The van der Waals surface area contributed by atoms with Crippen LogP contribution in [-0.4, -0.2) is 7.05 Å². The zero-order chi connectivity index (χ0) is 13.1. The van der Waals surface area contributed by atoms with E-state index in [2.05, 4.69) is 45.7 Å². The smallest absolute Gasteiger partial charge is 0.0408 e. The van der Waals surface area contributed by atoms with Gasteiger partial charge < -0.3 is 5.32 Å². The first-order valence-electron chi connectivity index (χ1n) is 5.77. The van der Waals surface area contributed by atoms with Crippen LogP contribution < -0.4 is 5.32 Å². The molecule has 1 N–H and O–H groups in total. The fraction of sp³-hybridized carbons (Fsp3) is 0.286. The Balaban J connectivity index is 2.26. The number of rotatable bonds is 4. The van der Waals surface area contributed by atoms with Gasteiger partial charge in [-0.3, -0.25) is 0 Å². The van der Waals surface area contributed by atoms with E-state index in [9.17, 15) is 0 Å². The highest BCUT2D eigenvalue weighted by molar-refractivity contribution is 9.10. The first-order chi connectivity index (χ1) is 8.61. The molecule has 1 atom stereocenters. The normalized spacial score (nSPS) is 12.7. The maximum Gasteiger partial charge on any atom is 0.0408 e. The van der Waals surface area contributed by atoms with Gasteiger partial charge in [0.05, 0.1) is 0 Å². The van der Waals surface area contributed by atoms with E-state index < -0.39 is 0 Å². The molecule has 1 unspecified atom stereocenters. The summed E-state index contributed by atoms with van der Waals surface area (Å²) < 4.78 is 1.19. The summed E-state index contributed by atoms with van der Waals surface area (Å²) in [7, 11) is 2.00. The second-order valence-corrected chi connectivity index (χ2v) is 6.53. The van der Waals surface area contributed by atoms with Gasteiger partial charge in [-0.05, 0) is 64.6 Å². The van der Waals surface area contributed by atoms with Crippen LogP contribution in [0.1, 0.15) is 22.0 Å². The van der Waals surface area contributed by atoms with Gasteiger partial charge in [0, 0.05) is 26.8 Å². The third-order valence-corrected chi connectivity index (χ3v) is 5.22. The molecule has 4 heteroatoms. The van der Waals surface area contributed by atoms with Gasteiger partial charge in [-0.1, -0.05) is 17.7 Å². The van der Waals surface area contributed by atoms with E-state index in [0.717, 1.165) is 11.4 Å². The van der Waals surface area contributed by atoms with Crippen molar-refractivity contribution in [1.82, 2.24) is 5.32 Å². The van der Waals surface area contributed by atoms with Gasteiger partial charge in [-0.25, -0.2) is 0 Å². The summed E-state index contributed by atoms with van der Waals surface area (Å²) in [5.41, 5.74) is 2.54. The lowest BCUT2D eigenvalue weighted by Crippen LogP contribution is -2.19. The molecule has 0 saturated carbocycles. The summed E-state index contributed by atoms with van der Waals surface area (Å²) in [5, 5.41) is 6.29. The molecular weight excluding hydrogens is 330 g/mol. The molecule has 0 saturated heterocycles. The van der Waals surface area contributed by atoms with Gasteiger partial charge in [-0.15, -0.1) is 11.3 Å². The number of benzene rings is 1. The molecule has 1 aromatic carbocycles. The summed E-state index contributed by atoms with van der Waals surface area (Å²) in [6, 6.07) is 8.50. The first kappa shape index (κ1) is 14.1. The Morgan fingerprint density at radius 2 is 2.17 bits per heavy atom. The highest BCUT2D eigenvalue weighted by Crippen LogP contribution is 2.30. The molecule has 2 aromatic rings. The standard InChI is InChI=1S/C14H15BrClNS/c1-9-7-10(16)3-4-11(9)13(17-2)8-14-12(15)5-6-18-14/h3-7,13,17H,8H2,1-2H3. The van der Waals surface area contributed by atoms with Crippen molar-refractivity contribution in [2.75, 3.05) is 7.05 Å². The summed E-state index contributed by atoms with van der Waals surface area (Å²) in [5.74, 6) is 0. The van der Waals surface area contributed by atoms with Gasteiger partial charge >= 0.3 is 0 Å². The zero-order valence-electron chi connectivity index (χ0n) is 10.3. The van der Waals surface area contributed by atoms with Crippen molar-refractivity contribution >= 4 is 38.9 Å². The van der Waals surface area contributed by atoms with E-state index in [1.807, 2.05) is 19.2 Å². The highest BCUT2D eigenvalue weighted by Gasteiger charge is 2.15. The predicted molar refractivity (Wildman–Crippen MR) is 83.7 cm³/mol. The second kappa shape index (κ2) is 6.20. The van der Waals surface area contributed by atoms with Crippen LogP contribution in [0.4, 0.5) is 0 Å². The lowest BCUT2D eigenvalue weighted by Gasteiger charge is -2.18. The van der Waals surface area contributed by atoms with Gasteiger partial charge in [0.15, 0.2) is 0 Å². The number of halogens is 2. The van der Waals surface area contributed by atoms with Crippen molar-refractivity contribution in [2.45, 2.75) is 19.4 Å². The highest BCUT2D eigenvalue weighted by atomic mass is 79.9. The van der Waals surface area contributed by atoms with E-state index >= 15 is 0 Å². The van der Waals surface area contributed by atoms with Gasteiger partial charge in [-0.2, -0.15) is 0 Å². The maximum absolute atomic E-state index is 6.01. The molecule has 0 fully saturated rings. The third kappa shape index (κ3) is 3.15. The molecule has 0 spiro atoms. The Bertz CT molecular complexity index is 538. The summed E-state index contributed by atoms with van der Waals surface area (Å²) in [6.45, 7) is 2.11. The van der Waals surface area contributed by atoms with E-state index in [1.165, 1.54) is 20.5 Å². The Labute approximate surface area is 125 Å². The zero-order valence-corrected chi connectivity index (χ0v) is 13.5. The van der Waals surface area contributed by atoms with Crippen LogP contribution in [0.25, 0.3) is 0 Å². The van der Waals surface area contributed by atoms with Crippen LogP contribution in [-0.2, 0) is 6.42 Å². The number of thiophene rings is 1. The molecule has 1 aromatic heterocycles. The molecular formula is C14H15BrClNS. The largest absolute Gasteiger partial charge is 0.313 e. The number of hydrogen-bond acceptors (Lipinski definition) is 2. The lowest BCUT2D eigenvalue weighted by molar-refractivity contribution is 0.592. The maximum atomic E-state index is 6.01. The van der Waals surface area contributed by atoms with Crippen molar-refractivity contribution < 1.29 is 0 Å². The fourth-order valence-electron chi connectivity index (χ4n) is 2.05. The Kier molecular flexibility index (Phi) is 4.84. The average molecular weight is 345 g/mol. The first-order valence-corrected chi connectivity index (χ1v) is 7.82. The molecule has 0 radical (unpaired) electrons. The van der Waals surface area contributed by atoms with E-state index in [4.69, 9.17) is 11.6 Å². The summed E-state index contributed by atoms with van der Waals surface area (Å²) >= 11 is 11.4. The topological polar surface area (TPSA) is 12.0 Å². The van der Waals surface area contributed by atoms with Crippen molar-refractivity contribution in [3.63, 3.8) is 0 Å². The minimum Gasteiger partial charge on any atom is -0.313 e. The molecule has 2 rings (SSSR count). The molecule has 0 aliphatic rings. The Morgan fingerprint density at radius 1 is 1.39 bits per heavy atom. The number of hydrogen-bond donors (Lipinski definition) is 1. The van der Waals surface area contributed by atoms with Crippen molar-refractivity contribution in [1.29, 1.82) is 0 Å². The van der Waals surface area contributed by atoms with Crippen molar-refractivity contribution in [3.05, 3.63) is 55.1 Å². The minimum atomic E-state index is 0.317. The predicted octanol–water partition coefficient (Wildman–Crippen LogP) is 4.98. The molecule has 1 nitrogen and oxygen atoms in total. The van der Waals surface area contributed by atoms with Crippen LogP contribution in [0.15, 0.2) is 34.1 Å². The van der Waals surface area contributed by atoms with Crippen LogP contribution >= 0.6 is 38.9 Å². The van der Waals surface area contributed by atoms with Crippen LogP contribution in [0.2, 0.25) is 5.02 Å². The van der Waals surface area contributed by atoms with Gasteiger partial charge in [0.25, 0.3) is 0 Å². The second-order valence-electron chi connectivity index (χ2n) is 4.24. The van der Waals surface area contributed by atoms with E-state index in [0.29, 0.717) is 6.04 Å². The molecule has 1 heterocycles. The van der Waals surface area contributed by atoms with E-state index in [-0.39, 0.29) is 0 Å². The lowest BCUT2D eigenvalue weighted by atomic mass is 9.98. The van der Waals surface area contributed by atoms with Crippen LogP contribution in [0, 0.1) is 6.92 Å². The van der Waals surface area contributed by atoms with Gasteiger partial charge in [0.1, 0.15) is 0 Å². The number of nitrogens with one attached hydrogen (secondary N) is 1. The van der Waals surface area contributed by atoms with Crippen LogP contribution in [0.3, 0.4) is 0 Å². The van der Waals surface area contributed by atoms with Gasteiger partial charge in [0.2, 0.25) is 0 Å². The molecule has 0 aliphatic heterocycles. The molecule has 0 bridgehead atoms. The van der Waals surface area contributed by atoms with Crippen molar-refractivity contribution in [2.24, 2.45) is 0 Å². The van der Waals surface area contributed by atoms with Crippen molar-refractivity contribution in [3.8, 4) is 0 Å². The summed E-state index contributed by atoms with van der Waals surface area (Å²) in [6.07, 6.45) is 0.983. The Hall–Kier alpha value is -0.350. The fourth-order valence-corrected chi connectivity index (χ4v) is 3.84. The average Bonchev–Trinajstić information content (AvgIpc) is 2.73. The summed E-state index contributed by atoms with van der Waals surface area (Å²) in [4.78, 5) is 1.36. The number of likely N-dealkylation sites (N-methyl/N-ethyl adjacent to an activating group) is 1. The molecule has 0 aliphatic carbocycles. The molecule has 18 heavy (non-hydrogen) atoms. The quantitative estimate of drug-likeness (QED) is 0.825.